The van der Waals surface area contributed by atoms with E-state index in [9.17, 15) is 0 Å². The lowest BCUT2D eigenvalue weighted by Crippen LogP contribution is -2.14. The number of aromatic nitrogens is 2. The van der Waals surface area contributed by atoms with Gasteiger partial charge in [0.25, 0.3) is 0 Å². The summed E-state index contributed by atoms with van der Waals surface area (Å²) in [4.78, 5) is 10.5. The number of nitrogens with zero attached hydrogens (tertiary/aromatic N) is 2. The van der Waals surface area contributed by atoms with E-state index in [1.807, 2.05) is 6.07 Å². The lowest BCUT2D eigenvalue weighted by atomic mass is 9.81. The van der Waals surface area contributed by atoms with Crippen LogP contribution in [0.25, 0.3) is 111 Å². The van der Waals surface area contributed by atoms with Crippen LogP contribution in [0.5, 0.6) is 0 Å². The second-order valence-electron chi connectivity index (χ2n) is 17.3. The predicted octanol–water partition coefficient (Wildman–Crippen LogP) is 16.2. The van der Waals surface area contributed by atoms with E-state index in [1.54, 1.807) is 0 Å². The highest BCUT2D eigenvalue weighted by Gasteiger charge is 2.35. The molecule has 2 heteroatoms. The monoisotopic (exact) mass is 802 g/mol. The summed E-state index contributed by atoms with van der Waals surface area (Å²) in [6.45, 7) is 4.71. The van der Waals surface area contributed by atoms with Crippen molar-refractivity contribution in [3.05, 3.63) is 230 Å². The Bertz CT molecular complexity index is 3600. The molecule has 296 valence electrons. The van der Waals surface area contributed by atoms with Crippen LogP contribution in [-0.2, 0) is 5.41 Å². The van der Waals surface area contributed by atoms with Gasteiger partial charge in [0.1, 0.15) is 0 Å². The quantitative estimate of drug-likeness (QED) is 0.167. The summed E-state index contributed by atoms with van der Waals surface area (Å²) in [5.74, 6) is 0.702. The van der Waals surface area contributed by atoms with Crippen LogP contribution < -0.4 is 0 Å². The summed E-state index contributed by atoms with van der Waals surface area (Å²) in [7, 11) is 0. The standard InChI is InChI=1S/C61H42N2/c1-61(2)56-26-13-12-25-53(56)54-30-29-44(37-57(54)61)46-31-32-51(48-22-9-8-21-47(46)48)52-33-34-55(50-24-11-10-23-49(50)52)59-38-58(62-60(63-59)40-16-4-3-5-17-40)45-20-14-19-42(36-45)43-28-27-39-15-6-7-18-41(39)35-43/h3-38H,1-2H3. The van der Waals surface area contributed by atoms with Crippen molar-refractivity contribution in [2.24, 2.45) is 0 Å². The fraction of sp³-hybridized carbons (Fsp3) is 0.0492. The Hall–Kier alpha value is -7.94. The minimum Gasteiger partial charge on any atom is -0.228 e. The molecule has 0 aliphatic heterocycles. The summed E-state index contributed by atoms with van der Waals surface area (Å²) < 4.78 is 0. The summed E-state index contributed by atoms with van der Waals surface area (Å²) in [5, 5.41) is 7.28. The molecule has 10 aromatic carbocycles. The zero-order chi connectivity index (χ0) is 42.1. The molecule has 0 amide bonds. The fourth-order valence-corrected chi connectivity index (χ4v) is 10.1. The summed E-state index contributed by atoms with van der Waals surface area (Å²) in [5.41, 5.74) is 17.5. The average Bonchev–Trinajstić information content (AvgIpc) is 3.58. The van der Waals surface area contributed by atoms with Crippen LogP contribution in [0.15, 0.2) is 218 Å². The SMILES string of the molecule is CC1(C)c2ccccc2-c2ccc(-c3ccc(-c4ccc(-c5cc(-c6cccc(-c7ccc8ccccc8c7)c6)nc(-c6ccccc6)n5)c5ccccc45)c4ccccc34)cc21. The van der Waals surface area contributed by atoms with Crippen molar-refractivity contribution in [3.63, 3.8) is 0 Å². The van der Waals surface area contributed by atoms with Gasteiger partial charge in [-0.05, 0) is 112 Å². The van der Waals surface area contributed by atoms with Gasteiger partial charge in [-0.1, -0.05) is 208 Å². The van der Waals surface area contributed by atoms with E-state index >= 15 is 0 Å². The number of hydrogen-bond acceptors (Lipinski definition) is 2. The minimum absolute atomic E-state index is 0.0629. The highest BCUT2D eigenvalue weighted by atomic mass is 14.9. The number of fused-ring (bicyclic) bond motifs is 6. The van der Waals surface area contributed by atoms with E-state index in [0.717, 1.165) is 39.0 Å². The van der Waals surface area contributed by atoms with Crippen LogP contribution in [0.4, 0.5) is 0 Å². The molecule has 0 bridgehead atoms. The molecule has 0 fully saturated rings. The molecule has 1 aliphatic carbocycles. The van der Waals surface area contributed by atoms with Gasteiger partial charge < -0.3 is 0 Å². The van der Waals surface area contributed by atoms with Crippen molar-refractivity contribution >= 4 is 32.3 Å². The smallest absolute Gasteiger partial charge is 0.160 e. The highest BCUT2D eigenvalue weighted by molar-refractivity contribution is 6.12. The second-order valence-corrected chi connectivity index (χ2v) is 17.3. The molecule has 2 nitrogen and oxygen atoms in total. The molecule has 12 rings (SSSR count). The van der Waals surface area contributed by atoms with E-state index in [-0.39, 0.29) is 5.41 Å². The Balaban J connectivity index is 0.980. The van der Waals surface area contributed by atoms with Crippen molar-refractivity contribution < 1.29 is 0 Å². The Morgan fingerprint density at radius 3 is 1.59 bits per heavy atom. The van der Waals surface area contributed by atoms with Crippen molar-refractivity contribution in [1.82, 2.24) is 9.97 Å². The van der Waals surface area contributed by atoms with E-state index in [0.29, 0.717) is 5.82 Å². The topological polar surface area (TPSA) is 25.8 Å². The molecule has 0 radical (unpaired) electrons. The molecule has 1 aliphatic rings. The van der Waals surface area contributed by atoms with Crippen LogP contribution >= 0.6 is 0 Å². The molecule has 1 heterocycles. The van der Waals surface area contributed by atoms with Gasteiger partial charge in [-0.25, -0.2) is 9.97 Å². The first-order valence-corrected chi connectivity index (χ1v) is 21.8. The molecular weight excluding hydrogens is 761 g/mol. The lowest BCUT2D eigenvalue weighted by Gasteiger charge is -2.22. The van der Waals surface area contributed by atoms with Gasteiger partial charge >= 0.3 is 0 Å². The van der Waals surface area contributed by atoms with Crippen LogP contribution in [0.3, 0.4) is 0 Å². The Labute approximate surface area is 367 Å². The van der Waals surface area contributed by atoms with Crippen LogP contribution in [0.1, 0.15) is 25.0 Å². The Morgan fingerprint density at radius 2 is 0.810 bits per heavy atom. The number of rotatable bonds is 6. The molecule has 0 unspecified atom stereocenters. The zero-order valence-electron chi connectivity index (χ0n) is 35.2. The first kappa shape index (κ1) is 36.9. The molecule has 63 heavy (non-hydrogen) atoms. The highest BCUT2D eigenvalue weighted by Crippen LogP contribution is 2.50. The molecule has 0 spiro atoms. The third kappa shape index (κ3) is 6.17. The maximum absolute atomic E-state index is 5.30. The van der Waals surface area contributed by atoms with Gasteiger partial charge in [-0.3, -0.25) is 0 Å². The Morgan fingerprint density at radius 1 is 0.286 bits per heavy atom. The maximum atomic E-state index is 5.30. The van der Waals surface area contributed by atoms with E-state index < -0.39 is 0 Å². The number of benzene rings is 10. The van der Waals surface area contributed by atoms with Gasteiger partial charge in [0, 0.05) is 22.1 Å². The first-order chi connectivity index (χ1) is 31.0. The summed E-state index contributed by atoms with van der Waals surface area (Å²) in [6.07, 6.45) is 0. The predicted molar refractivity (Wildman–Crippen MR) is 265 cm³/mol. The van der Waals surface area contributed by atoms with Crippen molar-refractivity contribution in [2.75, 3.05) is 0 Å². The maximum Gasteiger partial charge on any atom is 0.160 e. The molecule has 1 aromatic heterocycles. The van der Waals surface area contributed by atoms with Gasteiger partial charge in [0.05, 0.1) is 11.4 Å². The van der Waals surface area contributed by atoms with Crippen molar-refractivity contribution in [2.45, 2.75) is 19.3 Å². The van der Waals surface area contributed by atoms with Gasteiger partial charge in [0.2, 0.25) is 0 Å². The normalized spacial score (nSPS) is 12.7. The van der Waals surface area contributed by atoms with Crippen LogP contribution in [0, 0.1) is 0 Å². The van der Waals surface area contributed by atoms with Gasteiger partial charge in [-0.2, -0.15) is 0 Å². The average molecular weight is 803 g/mol. The van der Waals surface area contributed by atoms with Crippen LogP contribution in [0.2, 0.25) is 0 Å². The fourth-order valence-electron chi connectivity index (χ4n) is 10.1. The second kappa shape index (κ2) is 14.6. The van der Waals surface area contributed by atoms with Gasteiger partial charge in [-0.15, -0.1) is 0 Å². The molecule has 11 aromatic rings. The molecule has 0 N–H and O–H groups in total. The molecule has 0 saturated heterocycles. The zero-order valence-corrected chi connectivity index (χ0v) is 35.2. The summed E-state index contributed by atoms with van der Waals surface area (Å²) >= 11 is 0. The Kier molecular flexibility index (Phi) is 8.55. The third-order valence-corrected chi connectivity index (χ3v) is 13.3. The third-order valence-electron chi connectivity index (χ3n) is 13.3. The molecular formula is C61H42N2. The van der Waals surface area contributed by atoms with Gasteiger partial charge in [0.15, 0.2) is 5.82 Å². The lowest BCUT2D eigenvalue weighted by molar-refractivity contribution is 0.660. The summed E-state index contributed by atoms with van der Waals surface area (Å²) in [6, 6.07) is 79.2. The molecule has 0 saturated carbocycles. The van der Waals surface area contributed by atoms with E-state index in [4.69, 9.17) is 9.97 Å². The largest absolute Gasteiger partial charge is 0.228 e. The van der Waals surface area contributed by atoms with Crippen molar-refractivity contribution in [3.8, 4) is 78.4 Å². The van der Waals surface area contributed by atoms with Crippen LogP contribution in [-0.4, -0.2) is 9.97 Å². The van der Waals surface area contributed by atoms with E-state index in [1.165, 1.54) is 77.0 Å². The first-order valence-electron chi connectivity index (χ1n) is 21.8. The number of hydrogen-bond donors (Lipinski definition) is 0. The molecule has 0 atom stereocenters. The van der Waals surface area contributed by atoms with Crippen molar-refractivity contribution in [1.29, 1.82) is 0 Å². The minimum atomic E-state index is -0.0629. The van der Waals surface area contributed by atoms with E-state index in [2.05, 4.69) is 226 Å².